The highest BCUT2D eigenvalue weighted by atomic mass is 32.1. The van der Waals surface area contributed by atoms with Crippen LogP contribution in [0.15, 0.2) is 504 Å². The van der Waals surface area contributed by atoms with Gasteiger partial charge in [-0.1, -0.05) is 382 Å². The normalized spacial score (nSPS) is 11.6. The molecule has 144 heavy (non-hydrogen) atoms. The lowest BCUT2D eigenvalue weighted by Crippen LogP contribution is -2.04. The molecule has 0 unspecified atom stereocenters. The summed E-state index contributed by atoms with van der Waals surface area (Å²) in [5.41, 5.74) is 31.1. The van der Waals surface area contributed by atoms with E-state index >= 15 is 0 Å². The Balaban J connectivity index is 0.000000108. The topological polar surface area (TPSA) is 92.1 Å². The minimum atomic E-state index is 0.652. The number of hydrogen-bond donors (Lipinski definition) is 0. The molecule has 0 bridgehead atoms. The van der Waals surface area contributed by atoms with Gasteiger partial charge in [0.2, 0.25) is 11.9 Å². The average Bonchev–Trinajstić information content (AvgIpc) is 1.58. The van der Waals surface area contributed by atoms with Crippen molar-refractivity contribution < 1.29 is 0 Å². The lowest BCUT2D eigenvalue weighted by molar-refractivity contribution is 0.992. The van der Waals surface area contributed by atoms with E-state index in [1.165, 1.54) is 171 Å². The Bertz CT molecular complexity index is 10000. The molecule has 0 spiro atoms. The molecule has 0 atom stereocenters. The molecule has 674 valence electrons. The summed E-state index contributed by atoms with van der Waals surface area (Å²) in [6.45, 7) is 0. The summed E-state index contributed by atoms with van der Waals surface area (Å²) in [7, 11) is 0. The van der Waals surface area contributed by atoms with Gasteiger partial charge in [-0.3, -0.25) is 9.13 Å². The molecule has 0 saturated carbocycles. The first-order chi connectivity index (χ1) is 71.4. The fourth-order valence-electron chi connectivity index (χ4n) is 21.0. The molecule has 0 aliphatic carbocycles. The number of aromatic nitrogens is 9. The molecule has 9 aromatic heterocycles. The van der Waals surface area contributed by atoms with Gasteiger partial charge in [0.15, 0.2) is 5.82 Å². The van der Waals surface area contributed by atoms with Gasteiger partial charge in [0.05, 0.1) is 55.9 Å². The molecule has 0 N–H and O–H groups in total. The summed E-state index contributed by atoms with van der Waals surface area (Å²) in [4.78, 5) is 30.1. The number of para-hydroxylation sites is 2. The van der Waals surface area contributed by atoms with Crippen molar-refractivity contribution in [1.82, 2.24) is 43.6 Å². The van der Waals surface area contributed by atoms with E-state index in [0.717, 1.165) is 78.3 Å². The molecule has 0 saturated heterocycles. The van der Waals surface area contributed by atoms with Crippen molar-refractivity contribution in [3.63, 3.8) is 0 Å². The van der Waals surface area contributed by atoms with Crippen LogP contribution in [0.4, 0.5) is 0 Å². The molecule has 9 heterocycles. The second kappa shape index (κ2) is 36.2. The fourth-order valence-corrected chi connectivity index (χ4v) is 24.7. The number of benzene rings is 20. The smallest absolute Gasteiger partial charge is 0.235 e. The van der Waals surface area contributed by atoms with E-state index in [4.69, 9.17) is 29.9 Å². The highest BCUT2D eigenvalue weighted by molar-refractivity contribution is 7.27. The molecule has 9 nitrogen and oxygen atoms in total. The summed E-state index contributed by atoms with van der Waals surface area (Å²) in [6.07, 6.45) is 3.71. The number of fused-ring (bicyclic) bond motifs is 18. The van der Waals surface area contributed by atoms with Gasteiger partial charge in [0.25, 0.3) is 0 Å². The van der Waals surface area contributed by atoms with E-state index in [0.29, 0.717) is 17.7 Å². The number of rotatable bonds is 14. The third kappa shape index (κ3) is 15.3. The molecular formula is C132H83N9S3. The lowest BCUT2D eigenvalue weighted by Gasteiger charge is -2.12. The minimum absolute atomic E-state index is 0.652. The number of nitrogens with zero attached hydrogens (tertiary/aromatic N) is 9. The van der Waals surface area contributed by atoms with Crippen molar-refractivity contribution in [2.45, 2.75) is 0 Å². The van der Waals surface area contributed by atoms with E-state index in [1.54, 1.807) is 0 Å². The largest absolute Gasteiger partial charge is 0.309 e. The maximum atomic E-state index is 5.27. The van der Waals surface area contributed by atoms with E-state index in [-0.39, 0.29) is 0 Å². The van der Waals surface area contributed by atoms with E-state index < -0.39 is 0 Å². The first-order valence-electron chi connectivity index (χ1n) is 48.4. The van der Waals surface area contributed by atoms with Crippen LogP contribution in [0.2, 0.25) is 0 Å². The first kappa shape index (κ1) is 84.9. The number of hydrogen-bond acceptors (Lipinski definition) is 9. The van der Waals surface area contributed by atoms with E-state index in [9.17, 15) is 0 Å². The van der Waals surface area contributed by atoms with Gasteiger partial charge >= 0.3 is 0 Å². The summed E-state index contributed by atoms with van der Waals surface area (Å²) in [6, 6.07) is 175. The molecule has 0 fully saturated rings. The van der Waals surface area contributed by atoms with Crippen molar-refractivity contribution in [3.8, 4) is 141 Å². The van der Waals surface area contributed by atoms with Crippen molar-refractivity contribution in [2.24, 2.45) is 0 Å². The molecule has 0 radical (unpaired) electrons. The van der Waals surface area contributed by atoms with Crippen LogP contribution in [-0.2, 0) is 0 Å². The summed E-state index contributed by atoms with van der Waals surface area (Å²) < 4.78 is 14.7. The SMILES string of the molecule is c1ccc(-c2ccc(-c3cc(-c4ccccc4)nc(-n4c5ccccc5c5cc(-c6cccc7c6sc6ccccc67)ccc54)n3)cc2)cc1.c1ccc(-c2ccc(-c3ccnc(-c4cccc(-n5c6ccccc6c6cc(-c7cccc8c7sc7ccccc78)ccc65)c4)n3)cc2)cc1.c1ccc(-c2ccc3c(c2)c2cc(-c4cccc5c4sc4ccccc45)ccc2n3-c2nccc(-c3ccccc3)n2)cc1. The zero-order chi connectivity index (χ0) is 95.1. The van der Waals surface area contributed by atoms with Crippen LogP contribution in [0, 0.1) is 0 Å². The highest BCUT2D eigenvalue weighted by Crippen LogP contribution is 2.48. The molecule has 0 amide bonds. The van der Waals surface area contributed by atoms with Crippen molar-refractivity contribution >= 4 is 160 Å². The van der Waals surface area contributed by atoms with Crippen molar-refractivity contribution in [2.75, 3.05) is 0 Å². The van der Waals surface area contributed by atoms with Gasteiger partial charge in [0.1, 0.15) is 0 Å². The molecular weight excluding hydrogens is 1810 g/mol. The standard InChI is InChI=1S/2C46H29N3S.C40H25N3S/c1-3-12-30(13-4-1)31-22-24-33(25-23-31)41-29-40(32-14-5-2-6-15-32)47-46(48-41)49-42-20-9-7-16-36(42)39-28-34(26-27-43(39)49)35-18-11-19-38-37-17-8-10-21-44(37)50-45(35)38;1-2-10-30(11-3-1)31-20-22-32(23-21-31)41-26-27-47-46(48-41)34-12-8-13-35(28-34)49-42-18-6-4-14-37(42)40-29-33(24-25-43(40)49)36-16-9-17-39-38-15-5-7-19-44(38)50-45(36)39;1-3-10-26(11-4-1)28-18-20-36-33(24-28)34-25-29(30-15-9-16-32-31-14-7-8-17-38(31)44-39(30)32)19-21-37(34)43(36)40-41-23-22-35(42-40)27-12-5-2-6-13-27/h2*1-29H;1-25H. The van der Waals surface area contributed by atoms with Crippen LogP contribution in [0.1, 0.15) is 0 Å². The first-order valence-corrected chi connectivity index (χ1v) is 50.8. The van der Waals surface area contributed by atoms with Crippen LogP contribution < -0.4 is 0 Å². The minimum Gasteiger partial charge on any atom is -0.309 e. The maximum absolute atomic E-state index is 5.27. The Morgan fingerprint density at radius 2 is 0.451 bits per heavy atom. The fraction of sp³-hybridized carbons (Fsp3) is 0. The third-order valence-electron chi connectivity index (χ3n) is 27.9. The van der Waals surface area contributed by atoms with E-state index in [1.807, 2.05) is 94.9 Å². The summed E-state index contributed by atoms with van der Waals surface area (Å²) in [5, 5.41) is 15.1. The van der Waals surface area contributed by atoms with Crippen molar-refractivity contribution in [3.05, 3.63) is 504 Å². The molecule has 0 aliphatic heterocycles. The van der Waals surface area contributed by atoms with Gasteiger partial charge in [-0.25, -0.2) is 29.9 Å². The van der Waals surface area contributed by atoms with Gasteiger partial charge in [0, 0.05) is 139 Å². The second-order valence-corrected chi connectivity index (χ2v) is 39.4. The van der Waals surface area contributed by atoms with Gasteiger partial charge < -0.3 is 4.57 Å². The predicted octanol–water partition coefficient (Wildman–Crippen LogP) is 36.2. The molecule has 20 aromatic carbocycles. The van der Waals surface area contributed by atoms with Crippen LogP contribution >= 0.6 is 34.0 Å². The Morgan fingerprint density at radius 1 is 0.160 bits per heavy atom. The van der Waals surface area contributed by atoms with Crippen molar-refractivity contribution in [1.29, 1.82) is 0 Å². The van der Waals surface area contributed by atoms with E-state index in [2.05, 4.69) is 457 Å². The third-order valence-corrected chi connectivity index (χ3v) is 31.5. The highest BCUT2D eigenvalue weighted by Gasteiger charge is 2.25. The van der Waals surface area contributed by atoms with Crippen LogP contribution in [-0.4, -0.2) is 43.6 Å². The van der Waals surface area contributed by atoms with Crippen LogP contribution in [0.3, 0.4) is 0 Å². The number of thiophene rings is 3. The van der Waals surface area contributed by atoms with Gasteiger partial charge in [-0.05, 0) is 176 Å². The Labute approximate surface area is 841 Å². The Kier molecular flexibility index (Phi) is 21.3. The molecule has 12 heteroatoms. The van der Waals surface area contributed by atoms with Gasteiger partial charge in [-0.2, -0.15) is 0 Å². The Morgan fingerprint density at radius 3 is 0.917 bits per heavy atom. The molecule has 29 rings (SSSR count). The maximum Gasteiger partial charge on any atom is 0.235 e. The summed E-state index contributed by atoms with van der Waals surface area (Å²) >= 11 is 5.61. The van der Waals surface area contributed by atoms with Crippen LogP contribution in [0.25, 0.3) is 267 Å². The van der Waals surface area contributed by atoms with Gasteiger partial charge in [-0.15, -0.1) is 34.0 Å². The quantitative estimate of drug-likeness (QED) is 0.108. The zero-order valence-corrected chi connectivity index (χ0v) is 80.1. The second-order valence-electron chi connectivity index (χ2n) is 36.3. The lowest BCUT2D eigenvalue weighted by atomic mass is 9.99. The average molecular weight is 1890 g/mol. The van der Waals surface area contributed by atoms with Crippen LogP contribution in [0.5, 0.6) is 0 Å². The zero-order valence-electron chi connectivity index (χ0n) is 77.7. The molecule has 0 aliphatic rings. The molecule has 29 aromatic rings. The predicted molar refractivity (Wildman–Crippen MR) is 608 cm³/mol. The monoisotopic (exact) mass is 1890 g/mol. The summed E-state index contributed by atoms with van der Waals surface area (Å²) in [5.74, 6) is 2.02. The Hall–Kier alpha value is -18.3.